The summed E-state index contributed by atoms with van der Waals surface area (Å²) in [5, 5.41) is 14.9. The number of aryl methyl sites for hydroxylation is 1. The molecule has 0 radical (unpaired) electrons. The highest BCUT2D eigenvalue weighted by Crippen LogP contribution is 2.20. The lowest BCUT2D eigenvalue weighted by molar-refractivity contribution is 0.150. The van der Waals surface area contributed by atoms with Crippen molar-refractivity contribution in [3.8, 4) is 0 Å². The average Bonchev–Trinajstić information content (AvgIpc) is 2.66. The van der Waals surface area contributed by atoms with Crippen molar-refractivity contribution < 1.29 is 9.90 Å². The minimum absolute atomic E-state index is 0.327. The molecule has 0 aliphatic heterocycles. The molecule has 5 heteroatoms. The van der Waals surface area contributed by atoms with Crippen LogP contribution >= 0.6 is 0 Å². The summed E-state index contributed by atoms with van der Waals surface area (Å²) in [6, 6.07) is 7.86. The molecule has 2 rings (SSSR count). The number of hydrazone groups is 1. The number of aromatic nitrogens is 1. The van der Waals surface area contributed by atoms with Crippen molar-refractivity contribution in [1.82, 2.24) is 9.99 Å². The van der Waals surface area contributed by atoms with Crippen LogP contribution in [-0.2, 0) is 0 Å². The summed E-state index contributed by atoms with van der Waals surface area (Å²) in [5.74, 6) is 0. The summed E-state index contributed by atoms with van der Waals surface area (Å²) in [4.78, 5) is 14.1. The number of para-hydroxylation sites is 1. The lowest BCUT2D eigenvalue weighted by atomic mass is 10.1. The van der Waals surface area contributed by atoms with Crippen LogP contribution in [0.15, 0.2) is 29.4 Å². The smallest absolute Gasteiger partial charge is 0.427 e. The topological polar surface area (TPSA) is 68.7 Å². The van der Waals surface area contributed by atoms with Crippen molar-refractivity contribution >= 4 is 23.2 Å². The SMILES string of the molecule is CCN(/N=C\c1c(C)[nH]c2ccccc12)C(=O)O. The van der Waals surface area contributed by atoms with Crippen molar-refractivity contribution in [2.24, 2.45) is 5.10 Å². The molecule has 0 unspecified atom stereocenters. The molecule has 0 saturated carbocycles. The molecule has 0 spiro atoms. The summed E-state index contributed by atoms with van der Waals surface area (Å²) >= 11 is 0. The number of aromatic amines is 1. The van der Waals surface area contributed by atoms with Crippen LogP contribution in [0.5, 0.6) is 0 Å². The predicted octanol–water partition coefficient (Wildman–Crippen LogP) is 2.81. The number of benzene rings is 1. The van der Waals surface area contributed by atoms with Crippen molar-refractivity contribution in [3.05, 3.63) is 35.5 Å². The monoisotopic (exact) mass is 245 g/mol. The number of rotatable bonds is 3. The van der Waals surface area contributed by atoms with Crippen LogP contribution < -0.4 is 0 Å². The van der Waals surface area contributed by atoms with Gasteiger partial charge >= 0.3 is 6.09 Å². The molecule has 0 bridgehead atoms. The third-order valence-electron chi connectivity index (χ3n) is 2.79. The van der Waals surface area contributed by atoms with Gasteiger partial charge in [-0.25, -0.2) is 4.79 Å². The van der Waals surface area contributed by atoms with Gasteiger partial charge in [0.1, 0.15) is 0 Å². The maximum atomic E-state index is 10.8. The van der Waals surface area contributed by atoms with Gasteiger partial charge in [-0.15, -0.1) is 0 Å². The summed E-state index contributed by atoms with van der Waals surface area (Å²) in [7, 11) is 0. The number of hydrogen-bond donors (Lipinski definition) is 2. The van der Waals surface area contributed by atoms with E-state index in [1.54, 1.807) is 13.1 Å². The predicted molar refractivity (Wildman–Crippen MR) is 71.0 cm³/mol. The second kappa shape index (κ2) is 4.91. The molecule has 2 N–H and O–H groups in total. The minimum Gasteiger partial charge on any atom is -0.464 e. The molecule has 0 aliphatic rings. The number of hydrogen-bond acceptors (Lipinski definition) is 2. The average molecular weight is 245 g/mol. The van der Waals surface area contributed by atoms with E-state index in [1.165, 1.54) is 0 Å². The molecule has 0 saturated heterocycles. The third kappa shape index (κ3) is 2.20. The molecular formula is C13H15N3O2. The zero-order valence-electron chi connectivity index (χ0n) is 10.3. The molecule has 18 heavy (non-hydrogen) atoms. The van der Waals surface area contributed by atoms with Gasteiger partial charge in [0.15, 0.2) is 0 Å². The number of fused-ring (bicyclic) bond motifs is 1. The van der Waals surface area contributed by atoms with Crippen LogP contribution in [0.4, 0.5) is 4.79 Å². The molecule has 1 aromatic carbocycles. The van der Waals surface area contributed by atoms with E-state index in [-0.39, 0.29) is 0 Å². The molecule has 0 fully saturated rings. The number of nitrogens with one attached hydrogen (secondary N) is 1. The Kier molecular flexibility index (Phi) is 3.32. The molecule has 94 valence electrons. The van der Waals surface area contributed by atoms with Gasteiger partial charge in [-0.2, -0.15) is 10.1 Å². The second-order valence-corrected chi connectivity index (χ2v) is 3.95. The quantitative estimate of drug-likeness (QED) is 0.645. The lowest BCUT2D eigenvalue weighted by Crippen LogP contribution is -2.23. The van der Waals surface area contributed by atoms with E-state index in [4.69, 9.17) is 5.11 Å². The lowest BCUT2D eigenvalue weighted by Gasteiger charge is -2.08. The Balaban J connectivity index is 2.39. The fourth-order valence-electron chi connectivity index (χ4n) is 1.86. The van der Waals surface area contributed by atoms with Gasteiger partial charge in [0.25, 0.3) is 0 Å². The zero-order chi connectivity index (χ0) is 13.1. The Morgan fingerprint density at radius 1 is 1.50 bits per heavy atom. The summed E-state index contributed by atoms with van der Waals surface area (Å²) in [5.41, 5.74) is 2.92. The molecule has 1 heterocycles. The summed E-state index contributed by atoms with van der Waals surface area (Å²) < 4.78 is 0. The van der Waals surface area contributed by atoms with Crippen LogP contribution in [0.2, 0.25) is 0 Å². The maximum absolute atomic E-state index is 10.8. The van der Waals surface area contributed by atoms with E-state index in [9.17, 15) is 4.79 Å². The molecule has 1 aromatic heterocycles. The Bertz CT molecular complexity index is 601. The second-order valence-electron chi connectivity index (χ2n) is 3.95. The molecule has 5 nitrogen and oxygen atoms in total. The van der Waals surface area contributed by atoms with E-state index < -0.39 is 6.09 Å². The number of carboxylic acid groups (broad SMARTS) is 1. The number of amides is 1. The summed E-state index contributed by atoms with van der Waals surface area (Å²) in [6.45, 7) is 4.01. The largest absolute Gasteiger partial charge is 0.464 e. The van der Waals surface area contributed by atoms with Crippen molar-refractivity contribution in [2.45, 2.75) is 13.8 Å². The van der Waals surface area contributed by atoms with Crippen LogP contribution in [0.1, 0.15) is 18.2 Å². The van der Waals surface area contributed by atoms with Crippen LogP contribution in [0.3, 0.4) is 0 Å². The molecule has 0 aliphatic carbocycles. The Morgan fingerprint density at radius 3 is 2.89 bits per heavy atom. The van der Waals surface area contributed by atoms with E-state index in [0.717, 1.165) is 27.2 Å². The molecule has 1 amide bonds. The Hall–Kier alpha value is -2.30. The van der Waals surface area contributed by atoms with Crippen LogP contribution in [0, 0.1) is 6.92 Å². The maximum Gasteiger partial charge on any atom is 0.427 e. The first kappa shape index (κ1) is 12.2. The van der Waals surface area contributed by atoms with Gasteiger partial charge in [-0.3, -0.25) is 0 Å². The van der Waals surface area contributed by atoms with Gasteiger partial charge < -0.3 is 10.1 Å². The van der Waals surface area contributed by atoms with Gasteiger partial charge in [0.05, 0.1) is 6.21 Å². The third-order valence-corrected chi connectivity index (χ3v) is 2.79. The van der Waals surface area contributed by atoms with Crippen molar-refractivity contribution in [2.75, 3.05) is 6.54 Å². The zero-order valence-corrected chi connectivity index (χ0v) is 10.3. The first-order valence-corrected chi connectivity index (χ1v) is 5.75. The van der Waals surface area contributed by atoms with Gasteiger partial charge in [-0.1, -0.05) is 18.2 Å². The highest BCUT2D eigenvalue weighted by Gasteiger charge is 2.08. The van der Waals surface area contributed by atoms with E-state index in [0.29, 0.717) is 6.54 Å². The number of nitrogens with zero attached hydrogens (tertiary/aromatic N) is 2. The fraction of sp³-hybridized carbons (Fsp3) is 0.231. The van der Waals surface area contributed by atoms with E-state index in [1.807, 2.05) is 31.2 Å². The normalized spacial score (nSPS) is 11.2. The van der Waals surface area contributed by atoms with Crippen LogP contribution in [0.25, 0.3) is 10.9 Å². The van der Waals surface area contributed by atoms with Gasteiger partial charge in [0.2, 0.25) is 0 Å². The van der Waals surface area contributed by atoms with E-state index >= 15 is 0 Å². The highest BCUT2D eigenvalue weighted by molar-refractivity contribution is 6.00. The van der Waals surface area contributed by atoms with Gasteiger partial charge in [0, 0.05) is 28.7 Å². The van der Waals surface area contributed by atoms with Crippen molar-refractivity contribution in [1.29, 1.82) is 0 Å². The molecular weight excluding hydrogens is 230 g/mol. The number of H-pyrrole nitrogens is 1. The first-order valence-electron chi connectivity index (χ1n) is 5.75. The van der Waals surface area contributed by atoms with E-state index in [2.05, 4.69) is 10.1 Å². The van der Waals surface area contributed by atoms with Gasteiger partial charge in [-0.05, 0) is 19.9 Å². The molecule has 0 atom stereocenters. The minimum atomic E-state index is -1.05. The Labute approximate surface area is 105 Å². The highest BCUT2D eigenvalue weighted by atomic mass is 16.4. The summed E-state index contributed by atoms with van der Waals surface area (Å²) in [6.07, 6.45) is 0.539. The van der Waals surface area contributed by atoms with Crippen molar-refractivity contribution in [3.63, 3.8) is 0 Å². The number of carbonyl (C=O) groups is 1. The Morgan fingerprint density at radius 2 is 2.22 bits per heavy atom. The van der Waals surface area contributed by atoms with Crippen LogP contribution in [-0.4, -0.2) is 34.0 Å². The first-order chi connectivity index (χ1) is 8.63. The molecule has 2 aromatic rings. The fourth-order valence-corrected chi connectivity index (χ4v) is 1.86. The standard InChI is InChI=1S/C13H15N3O2/c1-3-16(13(17)18)14-8-11-9(2)15-12-7-5-4-6-10(11)12/h4-8,15H,3H2,1-2H3,(H,17,18)/b14-8-.